The molecule has 1 aromatic heterocycles. The van der Waals surface area contributed by atoms with E-state index in [9.17, 15) is 13.2 Å². The molecule has 2 N–H and O–H groups in total. The fourth-order valence-electron chi connectivity index (χ4n) is 2.27. The van der Waals surface area contributed by atoms with Crippen LogP contribution in [0.1, 0.15) is 24.9 Å². The minimum absolute atomic E-state index is 0.0149. The lowest BCUT2D eigenvalue weighted by Crippen LogP contribution is -2.19. The molecule has 6 nitrogen and oxygen atoms in total. The van der Waals surface area contributed by atoms with Crippen molar-refractivity contribution in [1.29, 1.82) is 0 Å². The molecule has 0 aliphatic rings. The monoisotopic (exact) mass is 335 g/mol. The zero-order chi connectivity index (χ0) is 17.0. The van der Waals surface area contributed by atoms with Crippen molar-refractivity contribution in [2.45, 2.75) is 26.3 Å². The number of aromatic nitrogens is 1. The largest absolute Gasteiger partial charge is 0.351 e. The molecule has 0 fully saturated rings. The lowest BCUT2D eigenvalue weighted by molar-refractivity contribution is -0.116. The Morgan fingerprint density at radius 1 is 1.22 bits per heavy atom. The van der Waals surface area contributed by atoms with Gasteiger partial charge in [-0.1, -0.05) is 6.07 Å². The highest BCUT2D eigenvalue weighted by atomic mass is 32.2. The van der Waals surface area contributed by atoms with E-state index in [0.717, 1.165) is 11.8 Å². The number of anilines is 2. The molecule has 1 aromatic carbocycles. The van der Waals surface area contributed by atoms with Crippen molar-refractivity contribution in [2.24, 2.45) is 0 Å². The summed E-state index contributed by atoms with van der Waals surface area (Å²) < 4.78 is 27.2. The number of benzene rings is 1. The van der Waals surface area contributed by atoms with E-state index >= 15 is 0 Å². The SMILES string of the molecule is Cc1ccc(NS(C)(=O)=O)c(NC(=O)CC(C)n2cccc2)c1. The molecule has 1 unspecified atom stereocenters. The van der Waals surface area contributed by atoms with Gasteiger partial charge in [0.2, 0.25) is 15.9 Å². The van der Waals surface area contributed by atoms with Gasteiger partial charge >= 0.3 is 0 Å². The van der Waals surface area contributed by atoms with E-state index in [4.69, 9.17) is 0 Å². The Kier molecular flexibility index (Phi) is 5.10. The van der Waals surface area contributed by atoms with Crippen LogP contribution in [0.15, 0.2) is 42.7 Å². The number of nitrogens with one attached hydrogen (secondary N) is 2. The van der Waals surface area contributed by atoms with Gasteiger partial charge in [-0.25, -0.2) is 8.42 Å². The number of carbonyl (C=O) groups excluding carboxylic acids is 1. The van der Waals surface area contributed by atoms with Gasteiger partial charge in [0.1, 0.15) is 0 Å². The van der Waals surface area contributed by atoms with E-state index < -0.39 is 10.0 Å². The van der Waals surface area contributed by atoms with E-state index in [1.807, 2.05) is 42.9 Å². The smallest absolute Gasteiger partial charge is 0.229 e. The fraction of sp³-hybridized carbons (Fsp3) is 0.312. The summed E-state index contributed by atoms with van der Waals surface area (Å²) in [6.45, 7) is 3.83. The van der Waals surface area contributed by atoms with Crippen LogP contribution >= 0.6 is 0 Å². The summed E-state index contributed by atoms with van der Waals surface area (Å²) in [7, 11) is -3.41. The summed E-state index contributed by atoms with van der Waals surface area (Å²) in [6, 6.07) is 8.99. The van der Waals surface area contributed by atoms with Gasteiger partial charge in [0, 0.05) is 24.9 Å². The van der Waals surface area contributed by atoms with Crippen molar-refractivity contribution in [3.63, 3.8) is 0 Å². The van der Waals surface area contributed by atoms with E-state index in [-0.39, 0.29) is 11.9 Å². The molecule has 7 heteroatoms. The summed E-state index contributed by atoms with van der Waals surface area (Å²) >= 11 is 0. The Balaban J connectivity index is 2.12. The minimum atomic E-state index is -3.41. The van der Waals surface area contributed by atoms with Gasteiger partial charge in [0.25, 0.3) is 0 Å². The number of carbonyl (C=O) groups is 1. The lowest BCUT2D eigenvalue weighted by Gasteiger charge is -2.16. The summed E-state index contributed by atoms with van der Waals surface area (Å²) in [6.07, 6.45) is 5.18. The quantitative estimate of drug-likeness (QED) is 0.852. The molecule has 2 aromatic rings. The summed E-state index contributed by atoms with van der Waals surface area (Å²) in [5, 5.41) is 2.79. The first-order valence-corrected chi connectivity index (χ1v) is 9.14. The predicted octanol–water partition coefficient (Wildman–Crippen LogP) is 2.76. The fourth-order valence-corrected chi connectivity index (χ4v) is 2.84. The van der Waals surface area contributed by atoms with Gasteiger partial charge in [0.05, 0.1) is 17.6 Å². The highest BCUT2D eigenvalue weighted by molar-refractivity contribution is 7.92. The second-order valence-electron chi connectivity index (χ2n) is 5.65. The number of hydrogen-bond acceptors (Lipinski definition) is 3. The molecule has 0 aliphatic heterocycles. The Labute approximate surface area is 136 Å². The van der Waals surface area contributed by atoms with Gasteiger partial charge in [0.15, 0.2) is 0 Å². The maximum Gasteiger partial charge on any atom is 0.229 e. The Bertz CT molecular complexity index is 783. The minimum Gasteiger partial charge on any atom is -0.351 e. The van der Waals surface area contributed by atoms with Crippen molar-refractivity contribution in [1.82, 2.24) is 4.57 Å². The molecule has 1 amide bonds. The van der Waals surface area contributed by atoms with Crippen molar-refractivity contribution in [3.05, 3.63) is 48.3 Å². The lowest BCUT2D eigenvalue weighted by atomic mass is 10.1. The number of amides is 1. The molecule has 0 radical (unpaired) electrons. The van der Waals surface area contributed by atoms with Crippen molar-refractivity contribution < 1.29 is 13.2 Å². The third-order valence-electron chi connectivity index (χ3n) is 3.36. The van der Waals surface area contributed by atoms with Gasteiger partial charge in [-0.3, -0.25) is 9.52 Å². The predicted molar refractivity (Wildman–Crippen MR) is 92.0 cm³/mol. The summed E-state index contributed by atoms with van der Waals surface area (Å²) in [5.41, 5.74) is 1.75. The number of sulfonamides is 1. The second kappa shape index (κ2) is 6.87. The van der Waals surface area contributed by atoms with Crippen molar-refractivity contribution >= 4 is 27.3 Å². The molecule has 0 aliphatic carbocycles. The Morgan fingerprint density at radius 3 is 2.48 bits per heavy atom. The highest BCUT2D eigenvalue weighted by Crippen LogP contribution is 2.25. The summed E-state index contributed by atoms with van der Waals surface area (Å²) in [4.78, 5) is 12.2. The topological polar surface area (TPSA) is 80.2 Å². The molecule has 1 atom stereocenters. The third kappa shape index (κ3) is 5.14. The normalized spacial score (nSPS) is 12.7. The first kappa shape index (κ1) is 17.1. The van der Waals surface area contributed by atoms with E-state index in [1.54, 1.807) is 18.2 Å². The van der Waals surface area contributed by atoms with Crippen LogP contribution in [0.5, 0.6) is 0 Å². The first-order valence-electron chi connectivity index (χ1n) is 7.25. The van der Waals surface area contributed by atoms with Crippen LogP contribution in [-0.4, -0.2) is 25.1 Å². The van der Waals surface area contributed by atoms with Crippen molar-refractivity contribution in [3.8, 4) is 0 Å². The van der Waals surface area contributed by atoms with Crippen LogP contribution < -0.4 is 10.0 Å². The molecule has 0 bridgehead atoms. The highest BCUT2D eigenvalue weighted by Gasteiger charge is 2.13. The van der Waals surface area contributed by atoms with Crippen LogP contribution in [-0.2, 0) is 14.8 Å². The number of nitrogens with zero attached hydrogens (tertiary/aromatic N) is 1. The van der Waals surface area contributed by atoms with Crippen molar-refractivity contribution in [2.75, 3.05) is 16.3 Å². The maximum absolute atomic E-state index is 12.2. The van der Waals surface area contributed by atoms with E-state index in [1.165, 1.54) is 0 Å². The van der Waals surface area contributed by atoms with E-state index in [2.05, 4.69) is 10.0 Å². The molecule has 0 saturated heterocycles. The molecule has 23 heavy (non-hydrogen) atoms. The zero-order valence-corrected chi connectivity index (χ0v) is 14.2. The molecular formula is C16H21N3O3S. The maximum atomic E-state index is 12.2. The number of rotatable bonds is 6. The zero-order valence-electron chi connectivity index (χ0n) is 13.4. The molecular weight excluding hydrogens is 314 g/mol. The van der Waals surface area contributed by atoms with Crippen LogP contribution in [0.2, 0.25) is 0 Å². The van der Waals surface area contributed by atoms with E-state index in [0.29, 0.717) is 17.8 Å². The Morgan fingerprint density at radius 2 is 1.87 bits per heavy atom. The first-order chi connectivity index (χ1) is 10.7. The van der Waals surface area contributed by atoms with Gasteiger partial charge in [-0.05, 0) is 43.7 Å². The van der Waals surface area contributed by atoms with Crippen LogP contribution in [0.25, 0.3) is 0 Å². The van der Waals surface area contributed by atoms with Crippen LogP contribution in [0.4, 0.5) is 11.4 Å². The Hall–Kier alpha value is -2.28. The van der Waals surface area contributed by atoms with Gasteiger partial charge in [-0.15, -0.1) is 0 Å². The second-order valence-corrected chi connectivity index (χ2v) is 7.40. The average Bonchev–Trinajstić information content (AvgIpc) is 2.94. The summed E-state index contributed by atoms with van der Waals surface area (Å²) in [5.74, 6) is -0.173. The molecule has 0 saturated carbocycles. The molecule has 1 heterocycles. The molecule has 124 valence electrons. The van der Waals surface area contributed by atoms with Gasteiger partial charge in [-0.2, -0.15) is 0 Å². The average molecular weight is 335 g/mol. The number of hydrogen-bond donors (Lipinski definition) is 2. The third-order valence-corrected chi connectivity index (χ3v) is 3.95. The standard InChI is InChI=1S/C16H21N3O3S/c1-12-6-7-14(18-23(3,21)22)15(10-12)17-16(20)11-13(2)19-8-4-5-9-19/h4-10,13,18H,11H2,1-3H3,(H,17,20). The molecule has 2 rings (SSSR count). The van der Waals surface area contributed by atoms with Crippen LogP contribution in [0.3, 0.4) is 0 Å². The molecule has 0 spiro atoms. The van der Waals surface area contributed by atoms with Gasteiger partial charge < -0.3 is 9.88 Å². The van der Waals surface area contributed by atoms with Crippen LogP contribution in [0, 0.1) is 6.92 Å². The number of aryl methyl sites for hydroxylation is 1.